The Hall–Kier alpha value is -1.37. The number of rotatable bonds is 5. The standard InChI is InChI=1S/C12H13F3O3S/c1-3-18-11(16)10(19-12(13,14)15)8-5-4-6-9(7-8)17-2/h4-7,10H,3H2,1-2H3/t10-/m1/s1. The number of ether oxygens (including phenoxy) is 2. The molecular formula is C12H13F3O3S. The van der Waals surface area contributed by atoms with Crippen molar-refractivity contribution in [2.24, 2.45) is 0 Å². The van der Waals surface area contributed by atoms with Crippen molar-refractivity contribution in [1.82, 2.24) is 0 Å². The lowest BCUT2D eigenvalue weighted by molar-refractivity contribution is -0.142. The molecule has 3 nitrogen and oxygen atoms in total. The number of hydrogen-bond donors (Lipinski definition) is 0. The molecule has 19 heavy (non-hydrogen) atoms. The zero-order chi connectivity index (χ0) is 14.5. The summed E-state index contributed by atoms with van der Waals surface area (Å²) < 4.78 is 47.1. The Balaban J connectivity index is 3.03. The van der Waals surface area contributed by atoms with E-state index in [0.29, 0.717) is 5.75 Å². The Morgan fingerprint density at radius 1 is 1.42 bits per heavy atom. The van der Waals surface area contributed by atoms with Gasteiger partial charge in [0.15, 0.2) is 0 Å². The molecule has 1 atom stereocenters. The molecule has 0 saturated carbocycles. The van der Waals surface area contributed by atoms with Crippen molar-refractivity contribution >= 4 is 17.7 Å². The number of methoxy groups -OCH3 is 1. The van der Waals surface area contributed by atoms with Crippen LogP contribution in [0.4, 0.5) is 13.2 Å². The molecule has 1 aromatic carbocycles. The van der Waals surface area contributed by atoms with Crippen molar-refractivity contribution in [2.45, 2.75) is 17.7 Å². The third-order valence-electron chi connectivity index (χ3n) is 2.15. The number of benzene rings is 1. The summed E-state index contributed by atoms with van der Waals surface area (Å²) in [6.45, 7) is 1.57. The maximum Gasteiger partial charge on any atom is 0.442 e. The van der Waals surface area contributed by atoms with Crippen molar-refractivity contribution in [3.8, 4) is 5.75 Å². The third-order valence-corrected chi connectivity index (χ3v) is 3.12. The van der Waals surface area contributed by atoms with Crippen LogP contribution in [0.15, 0.2) is 24.3 Å². The Labute approximate surface area is 113 Å². The second kappa shape index (κ2) is 6.70. The number of esters is 1. The van der Waals surface area contributed by atoms with Gasteiger partial charge >= 0.3 is 11.5 Å². The molecule has 1 rings (SSSR count). The van der Waals surface area contributed by atoms with Crippen molar-refractivity contribution in [1.29, 1.82) is 0 Å². The summed E-state index contributed by atoms with van der Waals surface area (Å²) in [4.78, 5) is 11.6. The van der Waals surface area contributed by atoms with E-state index in [9.17, 15) is 18.0 Å². The Kier molecular flexibility index (Phi) is 5.53. The summed E-state index contributed by atoms with van der Waals surface area (Å²) in [5.74, 6) is -0.535. The zero-order valence-electron chi connectivity index (χ0n) is 10.4. The minimum Gasteiger partial charge on any atom is -0.497 e. The highest BCUT2D eigenvalue weighted by molar-refractivity contribution is 8.01. The number of carbonyl (C=O) groups excluding carboxylic acids is 1. The normalized spacial score (nSPS) is 12.9. The Morgan fingerprint density at radius 2 is 2.11 bits per heavy atom. The largest absolute Gasteiger partial charge is 0.497 e. The van der Waals surface area contributed by atoms with Crippen molar-refractivity contribution in [3.63, 3.8) is 0 Å². The molecule has 0 spiro atoms. The van der Waals surface area contributed by atoms with Gasteiger partial charge in [-0.15, -0.1) is 0 Å². The molecule has 0 radical (unpaired) electrons. The molecule has 0 amide bonds. The fourth-order valence-electron chi connectivity index (χ4n) is 1.41. The molecule has 0 bridgehead atoms. The third kappa shape index (κ3) is 5.02. The van der Waals surface area contributed by atoms with Gasteiger partial charge in [0.05, 0.1) is 13.7 Å². The van der Waals surface area contributed by atoms with E-state index >= 15 is 0 Å². The summed E-state index contributed by atoms with van der Waals surface area (Å²) >= 11 is -0.408. The number of thioether (sulfide) groups is 1. The molecule has 0 aromatic heterocycles. The number of halogens is 3. The molecule has 0 fully saturated rings. The first-order valence-electron chi connectivity index (χ1n) is 5.42. The minimum atomic E-state index is -4.53. The summed E-state index contributed by atoms with van der Waals surface area (Å²) in [6, 6.07) is 5.93. The molecular weight excluding hydrogens is 281 g/mol. The van der Waals surface area contributed by atoms with Crippen LogP contribution in [0.1, 0.15) is 17.7 Å². The van der Waals surface area contributed by atoms with E-state index < -0.39 is 28.5 Å². The van der Waals surface area contributed by atoms with Crippen molar-refractivity contribution in [2.75, 3.05) is 13.7 Å². The van der Waals surface area contributed by atoms with E-state index in [1.165, 1.54) is 25.3 Å². The van der Waals surface area contributed by atoms with Crippen molar-refractivity contribution in [3.05, 3.63) is 29.8 Å². The first-order chi connectivity index (χ1) is 8.87. The van der Waals surface area contributed by atoms with Crippen LogP contribution in [0.2, 0.25) is 0 Å². The lowest BCUT2D eigenvalue weighted by atomic mass is 10.1. The van der Waals surface area contributed by atoms with Crippen LogP contribution in [-0.2, 0) is 9.53 Å². The molecule has 0 aliphatic heterocycles. The van der Waals surface area contributed by atoms with Gasteiger partial charge in [0.2, 0.25) is 0 Å². The van der Waals surface area contributed by atoms with Gasteiger partial charge in [-0.1, -0.05) is 12.1 Å². The van der Waals surface area contributed by atoms with Crippen LogP contribution < -0.4 is 4.74 Å². The van der Waals surface area contributed by atoms with Gasteiger partial charge in [-0.25, -0.2) is 0 Å². The summed E-state index contributed by atoms with van der Waals surface area (Å²) in [5, 5.41) is -1.45. The smallest absolute Gasteiger partial charge is 0.442 e. The Morgan fingerprint density at radius 3 is 2.63 bits per heavy atom. The lowest BCUT2D eigenvalue weighted by Crippen LogP contribution is -2.17. The van der Waals surface area contributed by atoms with E-state index in [-0.39, 0.29) is 12.2 Å². The quantitative estimate of drug-likeness (QED) is 0.778. The molecule has 0 aliphatic carbocycles. The molecule has 106 valence electrons. The highest BCUT2D eigenvalue weighted by atomic mass is 32.2. The van der Waals surface area contributed by atoms with E-state index in [1.807, 2.05) is 0 Å². The predicted octanol–water partition coefficient (Wildman–Crippen LogP) is 3.55. The summed E-state index contributed by atoms with van der Waals surface area (Å²) in [6.07, 6.45) is 0. The topological polar surface area (TPSA) is 35.5 Å². The van der Waals surface area contributed by atoms with Crippen LogP contribution in [0.5, 0.6) is 5.75 Å². The lowest BCUT2D eigenvalue weighted by Gasteiger charge is -2.17. The number of hydrogen-bond acceptors (Lipinski definition) is 4. The highest BCUT2D eigenvalue weighted by Crippen LogP contribution is 2.43. The highest BCUT2D eigenvalue weighted by Gasteiger charge is 2.38. The number of alkyl halides is 3. The van der Waals surface area contributed by atoms with Gasteiger partial charge in [0.25, 0.3) is 0 Å². The summed E-state index contributed by atoms with van der Waals surface area (Å²) in [5.41, 5.74) is -4.33. The second-order valence-corrected chi connectivity index (χ2v) is 4.64. The maximum absolute atomic E-state index is 12.5. The van der Waals surface area contributed by atoms with Gasteiger partial charge in [-0.05, 0) is 36.4 Å². The second-order valence-electron chi connectivity index (χ2n) is 3.47. The van der Waals surface area contributed by atoms with E-state index in [4.69, 9.17) is 4.74 Å². The fraction of sp³-hybridized carbons (Fsp3) is 0.417. The average molecular weight is 294 g/mol. The van der Waals surface area contributed by atoms with Gasteiger partial charge in [-0.2, -0.15) is 13.2 Å². The van der Waals surface area contributed by atoms with Crippen LogP contribution in [0.25, 0.3) is 0 Å². The van der Waals surface area contributed by atoms with Gasteiger partial charge in [0, 0.05) is 0 Å². The first-order valence-corrected chi connectivity index (χ1v) is 6.30. The molecule has 1 aromatic rings. The number of carbonyl (C=O) groups is 1. The van der Waals surface area contributed by atoms with E-state index in [0.717, 1.165) is 0 Å². The van der Waals surface area contributed by atoms with Gasteiger partial charge in [0.1, 0.15) is 11.0 Å². The van der Waals surface area contributed by atoms with E-state index in [2.05, 4.69) is 4.74 Å². The minimum absolute atomic E-state index is 0.0255. The van der Waals surface area contributed by atoms with Gasteiger partial charge in [-0.3, -0.25) is 4.79 Å². The molecule has 0 heterocycles. The van der Waals surface area contributed by atoms with Crippen LogP contribution in [-0.4, -0.2) is 25.2 Å². The molecule has 0 N–H and O–H groups in total. The molecule has 0 aliphatic rings. The first kappa shape index (κ1) is 15.7. The van der Waals surface area contributed by atoms with Crippen LogP contribution >= 0.6 is 11.8 Å². The zero-order valence-corrected chi connectivity index (χ0v) is 11.2. The van der Waals surface area contributed by atoms with Gasteiger partial charge < -0.3 is 9.47 Å². The molecule has 0 saturated heterocycles. The Bertz CT molecular complexity index is 434. The molecule has 0 unspecified atom stereocenters. The summed E-state index contributed by atoms with van der Waals surface area (Å²) in [7, 11) is 1.40. The molecule has 7 heteroatoms. The predicted molar refractivity (Wildman–Crippen MR) is 66.0 cm³/mol. The van der Waals surface area contributed by atoms with E-state index in [1.54, 1.807) is 13.0 Å². The average Bonchev–Trinajstić information content (AvgIpc) is 2.35. The monoisotopic (exact) mass is 294 g/mol. The van der Waals surface area contributed by atoms with Crippen molar-refractivity contribution < 1.29 is 27.4 Å². The van der Waals surface area contributed by atoms with Crippen LogP contribution in [0.3, 0.4) is 0 Å². The van der Waals surface area contributed by atoms with Crippen LogP contribution in [0, 0.1) is 0 Å². The maximum atomic E-state index is 12.5. The fourth-order valence-corrected chi connectivity index (χ4v) is 2.12. The SMILES string of the molecule is CCOC(=O)[C@H](SC(F)(F)F)c1cccc(OC)c1.